The van der Waals surface area contributed by atoms with Crippen molar-refractivity contribution < 1.29 is 4.74 Å². The van der Waals surface area contributed by atoms with Gasteiger partial charge in [-0.3, -0.25) is 0 Å². The summed E-state index contributed by atoms with van der Waals surface area (Å²) >= 11 is 1.72. The van der Waals surface area contributed by atoms with Crippen LogP contribution < -0.4 is 10.5 Å². The number of anilines is 1. The number of ether oxygens (including phenoxy) is 1. The fourth-order valence-electron chi connectivity index (χ4n) is 1.96. The molecule has 0 aliphatic carbocycles. The molecule has 0 amide bonds. The van der Waals surface area contributed by atoms with Crippen LogP contribution in [0, 0.1) is 0 Å². The predicted octanol–water partition coefficient (Wildman–Crippen LogP) is 3.57. The molecule has 1 aromatic carbocycles. The Balaban J connectivity index is 2.06. The minimum atomic E-state index is 0.664. The van der Waals surface area contributed by atoms with E-state index in [1.54, 1.807) is 11.8 Å². The lowest BCUT2D eigenvalue weighted by Gasteiger charge is -2.10. The minimum Gasteiger partial charge on any atom is -0.494 e. The van der Waals surface area contributed by atoms with Gasteiger partial charge in [-0.2, -0.15) is 0 Å². The second-order valence-corrected chi connectivity index (χ2v) is 5.52. The number of hydrogen-bond acceptors (Lipinski definition) is 4. The molecular weight excluding hydrogens is 270 g/mol. The van der Waals surface area contributed by atoms with Gasteiger partial charge >= 0.3 is 0 Å². The first-order chi connectivity index (χ1) is 9.74. The van der Waals surface area contributed by atoms with E-state index in [0.717, 1.165) is 35.1 Å². The second-order valence-electron chi connectivity index (χ2n) is 4.50. The maximum Gasteiger partial charge on any atom is 0.120 e. The number of nitrogens with zero attached hydrogens (tertiary/aromatic N) is 2. The van der Waals surface area contributed by atoms with Gasteiger partial charge in [-0.05, 0) is 31.5 Å². The molecule has 0 saturated carbocycles. The maximum absolute atomic E-state index is 6.02. The lowest BCUT2D eigenvalue weighted by atomic mass is 10.3. The van der Waals surface area contributed by atoms with Gasteiger partial charge in [0.15, 0.2) is 0 Å². The molecule has 2 N–H and O–H groups in total. The highest BCUT2D eigenvalue weighted by molar-refractivity contribution is 7.98. The Labute approximate surface area is 124 Å². The summed E-state index contributed by atoms with van der Waals surface area (Å²) < 4.78 is 7.70. The highest BCUT2D eigenvalue weighted by Crippen LogP contribution is 2.31. The highest BCUT2D eigenvalue weighted by Gasteiger charge is 2.06. The van der Waals surface area contributed by atoms with Gasteiger partial charge in [0.25, 0.3) is 0 Å². The van der Waals surface area contributed by atoms with Crippen LogP contribution in [0.15, 0.2) is 35.6 Å². The van der Waals surface area contributed by atoms with Gasteiger partial charge in [0.1, 0.15) is 5.75 Å². The normalized spacial score (nSPS) is 10.7. The number of aryl methyl sites for hydroxylation is 1. The summed E-state index contributed by atoms with van der Waals surface area (Å²) in [4.78, 5) is 5.27. The van der Waals surface area contributed by atoms with Crippen molar-refractivity contribution in [1.82, 2.24) is 9.55 Å². The fourth-order valence-corrected chi connectivity index (χ4v) is 2.94. The van der Waals surface area contributed by atoms with E-state index in [0.29, 0.717) is 6.61 Å². The van der Waals surface area contributed by atoms with Crippen molar-refractivity contribution >= 4 is 17.4 Å². The Morgan fingerprint density at radius 2 is 2.20 bits per heavy atom. The number of rotatable bonds is 7. The Bertz CT molecular complexity index is 554. The third kappa shape index (κ3) is 3.70. The first-order valence-corrected chi connectivity index (χ1v) is 7.87. The van der Waals surface area contributed by atoms with Crippen molar-refractivity contribution in [3.8, 4) is 5.75 Å². The second kappa shape index (κ2) is 7.24. The van der Waals surface area contributed by atoms with Crippen LogP contribution in [-0.4, -0.2) is 16.2 Å². The van der Waals surface area contributed by atoms with E-state index in [9.17, 15) is 0 Å². The van der Waals surface area contributed by atoms with E-state index in [4.69, 9.17) is 10.5 Å². The molecule has 0 unspecified atom stereocenters. The molecule has 0 saturated heterocycles. The number of nitrogens with two attached hydrogens (primary N) is 1. The first kappa shape index (κ1) is 14.8. The van der Waals surface area contributed by atoms with Crippen molar-refractivity contribution in [3.63, 3.8) is 0 Å². The minimum absolute atomic E-state index is 0.664. The average Bonchev–Trinajstić information content (AvgIpc) is 2.88. The lowest BCUT2D eigenvalue weighted by molar-refractivity contribution is 0.339. The summed E-state index contributed by atoms with van der Waals surface area (Å²) in [5.74, 6) is 1.73. The number of hydrogen-bond donors (Lipinski definition) is 1. The molecular formula is C15H21N3OS. The number of imidazole rings is 1. The quantitative estimate of drug-likeness (QED) is 0.626. The average molecular weight is 291 g/mol. The number of benzene rings is 1. The molecule has 1 heterocycles. The van der Waals surface area contributed by atoms with Gasteiger partial charge in [-0.25, -0.2) is 4.98 Å². The zero-order chi connectivity index (χ0) is 14.4. The fraction of sp³-hybridized carbons (Fsp3) is 0.400. The molecule has 0 atom stereocenters. The summed E-state index contributed by atoms with van der Waals surface area (Å²) in [5, 5.41) is 0. The van der Waals surface area contributed by atoms with Crippen LogP contribution in [0.4, 0.5) is 5.69 Å². The monoisotopic (exact) mass is 291 g/mol. The summed E-state index contributed by atoms with van der Waals surface area (Å²) in [7, 11) is 0. The molecule has 0 bridgehead atoms. The van der Waals surface area contributed by atoms with Crippen LogP contribution in [0.2, 0.25) is 0 Å². The summed E-state index contributed by atoms with van der Waals surface area (Å²) in [6.07, 6.45) is 4.92. The molecule has 0 radical (unpaired) electrons. The van der Waals surface area contributed by atoms with Crippen LogP contribution >= 0.6 is 11.8 Å². The van der Waals surface area contributed by atoms with Crippen LogP contribution in [0.3, 0.4) is 0 Å². The standard InChI is InChI=1S/C15H21N3OS/c1-3-7-18-11-17-9-12(18)10-20-15-8-13(19-4-2)5-6-14(15)16/h5-6,8-9,11H,3-4,7,10,16H2,1-2H3. The van der Waals surface area contributed by atoms with Crippen molar-refractivity contribution in [2.45, 2.75) is 37.5 Å². The molecule has 20 heavy (non-hydrogen) atoms. The zero-order valence-corrected chi connectivity index (χ0v) is 12.8. The van der Waals surface area contributed by atoms with Crippen LogP contribution in [0.25, 0.3) is 0 Å². The van der Waals surface area contributed by atoms with Gasteiger partial charge in [0.2, 0.25) is 0 Å². The van der Waals surface area contributed by atoms with Crippen molar-refractivity contribution in [2.75, 3.05) is 12.3 Å². The topological polar surface area (TPSA) is 53.1 Å². The van der Waals surface area contributed by atoms with E-state index < -0.39 is 0 Å². The van der Waals surface area contributed by atoms with Crippen molar-refractivity contribution in [1.29, 1.82) is 0 Å². The smallest absolute Gasteiger partial charge is 0.120 e. The third-order valence-corrected chi connectivity index (χ3v) is 4.04. The van der Waals surface area contributed by atoms with E-state index >= 15 is 0 Å². The van der Waals surface area contributed by atoms with Gasteiger partial charge in [-0.1, -0.05) is 6.92 Å². The van der Waals surface area contributed by atoms with E-state index in [-0.39, 0.29) is 0 Å². The molecule has 4 nitrogen and oxygen atoms in total. The Morgan fingerprint density at radius 3 is 2.95 bits per heavy atom. The summed E-state index contributed by atoms with van der Waals surface area (Å²) in [5.41, 5.74) is 8.04. The van der Waals surface area contributed by atoms with Gasteiger partial charge in [0.05, 0.1) is 12.9 Å². The number of thioether (sulfide) groups is 1. The summed E-state index contributed by atoms with van der Waals surface area (Å²) in [6, 6.07) is 5.81. The molecule has 2 aromatic rings. The Morgan fingerprint density at radius 1 is 1.35 bits per heavy atom. The molecule has 0 aliphatic rings. The number of aromatic nitrogens is 2. The lowest BCUT2D eigenvalue weighted by Crippen LogP contribution is -2.00. The van der Waals surface area contributed by atoms with Crippen molar-refractivity contribution in [3.05, 3.63) is 36.4 Å². The van der Waals surface area contributed by atoms with Crippen LogP contribution in [0.5, 0.6) is 5.75 Å². The molecule has 0 aliphatic heterocycles. The molecule has 2 rings (SSSR count). The maximum atomic E-state index is 6.02. The predicted molar refractivity (Wildman–Crippen MR) is 84.1 cm³/mol. The molecule has 108 valence electrons. The Hall–Kier alpha value is -1.62. The first-order valence-electron chi connectivity index (χ1n) is 6.88. The van der Waals surface area contributed by atoms with Crippen LogP contribution in [0.1, 0.15) is 26.0 Å². The molecule has 0 spiro atoms. The molecule has 5 heteroatoms. The third-order valence-electron chi connectivity index (χ3n) is 2.93. The van der Waals surface area contributed by atoms with E-state index in [1.807, 2.05) is 37.6 Å². The molecule has 0 fully saturated rings. The van der Waals surface area contributed by atoms with Gasteiger partial charge < -0.3 is 15.0 Å². The van der Waals surface area contributed by atoms with E-state index in [2.05, 4.69) is 16.5 Å². The SMILES string of the molecule is CCCn1cncc1CSc1cc(OCC)ccc1N. The highest BCUT2D eigenvalue weighted by atomic mass is 32.2. The largest absolute Gasteiger partial charge is 0.494 e. The van der Waals surface area contributed by atoms with Crippen LogP contribution in [-0.2, 0) is 12.3 Å². The summed E-state index contributed by atoms with van der Waals surface area (Å²) in [6.45, 7) is 5.81. The number of nitrogen functional groups attached to an aromatic ring is 1. The zero-order valence-electron chi connectivity index (χ0n) is 12.0. The van der Waals surface area contributed by atoms with Gasteiger partial charge in [0, 0.05) is 34.8 Å². The Kier molecular flexibility index (Phi) is 5.35. The molecule has 1 aromatic heterocycles. The van der Waals surface area contributed by atoms with E-state index in [1.165, 1.54) is 5.69 Å². The van der Waals surface area contributed by atoms with Gasteiger partial charge in [-0.15, -0.1) is 11.8 Å². The van der Waals surface area contributed by atoms with Crippen molar-refractivity contribution in [2.24, 2.45) is 0 Å².